The molecular weight excluding hydrogens is 334 g/mol. The minimum atomic E-state index is -0.209. The van der Waals surface area contributed by atoms with Crippen molar-refractivity contribution in [1.82, 2.24) is 9.55 Å². The lowest BCUT2D eigenvalue weighted by Crippen LogP contribution is -2.15. The molecule has 4 nitrogen and oxygen atoms in total. The lowest BCUT2D eigenvalue weighted by Gasteiger charge is -2.11. The van der Waals surface area contributed by atoms with E-state index in [0.717, 1.165) is 17.0 Å². The van der Waals surface area contributed by atoms with Gasteiger partial charge in [0.25, 0.3) is 5.91 Å². The van der Waals surface area contributed by atoms with Crippen LogP contribution in [-0.4, -0.2) is 15.5 Å². The Bertz CT molecular complexity index is 883. The number of nitrogens with one attached hydrogen (secondary N) is 1. The molecule has 0 atom stereocenters. The minimum Gasteiger partial charge on any atom is -0.316 e. The van der Waals surface area contributed by atoms with Crippen LogP contribution in [0.25, 0.3) is 11.3 Å². The standard InChI is InChI=1S/C20H20ClN3O/c1-13(2)18-17(14-7-5-4-6-8-14)22-20(24(18)3)23-19(25)15-9-11-16(21)12-10-15/h4-13H,1-3H3,(H,22,23,25). The van der Waals surface area contributed by atoms with Gasteiger partial charge in [-0.25, -0.2) is 4.98 Å². The van der Waals surface area contributed by atoms with Crippen molar-refractivity contribution in [2.75, 3.05) is 5.32 Å². The van der Waals surface area contributed by atoms with Crippen LogP contribution < -0.4 is 5.32 Å². The maximum Gasteiger partial charge on any atom is 0.257 e. The molecule has 1 aromatic heterocycles. The van der Waals surface area contributed by atoms with Crippen LogP contribution in [0, 0.1) is 0 Å². The molecule has 3 aromatic rings. The Hall–Kier alpha value is -2.59. The third-order valence-electron chi connectivity index (χ3n) is 4.07. The molecule has 0 fully saturated rings. The second-order valence-corrected chi connectivity index (χ2v) is 6.65. The normalized spacial score (nSPS) is 10.9. The average molecular weight is 354 g/mol. The van der Waals surface area contributed by atoms with Crippen LogP contribution in [0.4, 0.5) is 5.95 Å². The lowest BCUT2D eigenvalue weighted by atomic mass is 10.0. The summed E-state index contributed by atoms with van der Waals surface area (Å²) in [6.45, 7) is 4.24. The van der Waals surface area contributed by atoms with E-state index in [0.29, 0.717) is 16.5 Å². The molecule has 0 saturated heterocycles. The van der Waals surface area contributed by atoms with Gasteiger partial charge in [-0.15, -0.1) is 0 Å². The second kappa shape index (κ2) is 7.11. The topological polar surface area (TPSA) is 46.9 Å². The molecule has 5 heteroatoms. The number of benzene rings is 2. The number of hydrogen-bond donors (Lipinski definition) is 1. The van der Waals surface area contributed by atoms with Crippen molar-refractivity contribution in [2.45, 2.75) is 19.8 Å². The maximum absolute atomic E-state index is 12.5. The van der Waals surface area contributed by atoms with E-state index in [1.54, 1.807) is 24.3 Å². The van der Waals surface area contributed by atoms with Crippen molar-refractivity contribution in [3.8, 4) is 11.3 Å². The van der Waals surface area contributed by atoms with Gasteiger partial charge in [0, 0.05) is 28.9 Å². The molecule has 25 heavy (non-hydrogen) atoms. The fourth-order valence-electron chi connectivity index (χ4n) is 2.87. The molecular formula is C20H20ClN3O. The van der Waals surface area contributed by atoms with Crippen LogP contribution >= 0.6 is 11.6 Å². The first kappa shape index (κ1) is 17.2. The number of imidazole rings is 1. The zero-order valence-corrected chi connectivity index (χ0v) is 15.2. The van der Waals surface area contributed by atoms with E-state index in [2.05, 4.69) is 24.1 Å². The molecule has 2 aromatic carbocycles. The summed E-state index contributed by atoms with van der Waals surface area (Å²) in [4.78, 5) is 17.2. The fourth-order valence-corrected chi connectivity index (χ4v) is 2.99. The molecule has 0 saturated carbocycles. The van der Waals surface area contributed by atoms with Crippen LogP contribution in [0.5, 0.6) is 0 Å². The van der Waals surface area contributed by atoms with Gasteiger partial charge in [-0.1, -0.05) is 55.8 Å². The Morgan fingerprint density at radius 1 is 1.08 bits per heavy atom. The van der Waals surface area contributed by atoms with Crippen molar-refractivity contribution >= 4 is 23.5 Å². The highest BCUT2D eigenvalue weighted by Gasteiger charge is 2.20. The zero-order chi connectivity index (χ0) is 18.0. The predicted octanol–water partition coefficient (Wildman–Crippen LogP) is 5.12. The molecule has 0 unspecified atom stereocenters. The van der Waals surface area contributed by atoms with E-state index in [1.165, 1.54) is 0 Å². The summed E-state index contributed by atoms with van der Waals surface area (Å²) < 4.78 is 1.95. The largest absolute Gasteiger partial charge is 0.316 e. The van der Waals surface area contributed by atoms with Gasteiger partial charge in [-0.3, -0.25) is 10.1 Å². The van der Waals surface area contributed by atoms with E-state index in [9.17, 15) is 4.79 Å². The van der Waals surface area contributed by atoms with Crippen molar-refractivity contribution in [3.05, 3.63) is 70.9 Å². The first-order valence-electron chi connectivity index (χ1n) is 8.16. The maximum atomic E-state index is 12.5. The van der Waals surface area contributed by atoms with Gasteiger partial charge in [-0.2, -0.15) is 0 Å². The van der Waals surface area contributed by atoms with Crippen LogP contribution in [0.2, 0.25) is 5.02 Å². The molecule has 128 valence electrons. The van der Waals surface area contributed by atoms with Crippen molar-refractivity contribution in [1.29, 1.82) is 0 Å². The number of aromatic nitrogens is 2. The quantitative estimate of drug-likeness (QED) is 0.707. The van der Waals surface area contributed by atoms with E-state index in [1.807, 2.05) is 41.9 Å². The number of carbonyl (C=O) groups is 1. The van der Waals surface area contributed by atoms with Crippen molar-refractivity contribution in [2.24, 2.45) is 7.05 Å². The van der Waals surface area contributed by atoms with E-state index >= 15 is 0 Å². The molecule has 0 bridgehead atoms. The van der Waals surface area contributed by atoms with Gasteiger partial charge in [0.1, 0.15) is 0 Å². The van der Waals surface area contributed by atoms with E-state index in [4.69, 9.17) is 11.6 Å². The molecule has 1 heterocycles. The minimum absolute atomic E-state index is 0.209. The molecule has 0 aliphatic rings. The number of amides is 1. The third-order valence-corrected chi connectivity index (χ3v) is 4.32. The van der Waals surface area contributed by atoms with Gasteiger partial charge < -0.3 is 4.57 Å². The van der Waals surface area contributed by atoms with Gasteiger partial charge in [0.2, 0.25) is 5.95 Å². The highest BCUT2D eigenvalue weighted by Crippen LogP contribution is 2.31. The van der Waals surface area contributed by atoms with E-state index in [-0.39, 0.29) is 11.8 Å². The summed E-state index contributed by atoms with van der Waals surface area (Å²) in [6, 6.07) is 16.8. The molecule has 3 rings (SSSR count). The van der Waals surface area contributed by atoms with Crippen LogP contribution in [0.1, 0.15) is 35.8 Å². The SMILES string of the molecule is CC(C)c1c(-c2ccccc2)nc(NC(=O)c2ccc(Cl)cc2)n1C. The molecule has 0 aliphatic heterocycles. The molecule has 1 amide bonds. The number of rotatable bonds is 4. The van der Waals surface area contributed by atoms with Crippen LogP contribution in [0.15, 0.2) is 54.6 Å². The van der Waals surface area contributed by atoms with Gasteiger partial charge >= 0.3 is 0 Å². The Balaban J connectivity index is 1.97. The Morgan fingerprint density at radius 3 is 2.32 bits per heavy atom. The lowest BCUT2D eigenvalue weighted by molar-refractivity contribution is 0.102. The van der Waals surface area contributed by atoms with Crippen molar-refractivity contribution < 1.29 is 4.79 Å². The number of nitrogens with zero attached hydrogens (tertiary/aromatic N) is 2. The Labute approximate surface area is 152 Å². The molecule has 0 spiro atoms. The number of carbonyl (C=O) groups excluding carboxylic acids is 1. The summed E-state index contributed by atoms with van der Waals surface area (Å²) in [5.41, 5.74) is 3.55. The third kappa shape index (κ3) is 3.59. The fraction of sp³-hybridized carbons (Fsp3) is 0.200. The summed E-state index contributed by atoms with van der Waals surface area (Å²) in [7, 11) is 1.92. The van der Waals surface area contributed by atoms with Gasteiger partial charge in [-0.05, 0) is 30.2 Å². The molecule has 0 radical (unpaired) electrons. The summed E-state index contributed by atoms with van der Waals surface area (Å²) in [6.07, 6.45) is 0. The monoisotopic (exact) mass is 353 g/mol. The zero-order valence-electron chi connectivity index (χ0n) is 14.5. The number of hydrogen-bond acceptors (Lipinski definition) is 2. The first-order valence-corrected chi connectivity index (χ1v) is 8.54. The Kier molecular flexibility index (Phi) is 4.91. The second-order valence-electron chi connectivity index (χ2n) is 6.21. The van der Waals surface area contributed by atoms with Crippen LogP contribution in [-0.2, 0) is 7.05 Å². The number of anilines is 1. The summed E-state index contributed by atoms with van der Waals surface area (Å²) in [5, 5.41) is 3.50. The highest BCUT2D eigenvalue weighted by atomic mass is 35.5. The van der Waals surface area contributed by atoms with E-state index < -0.39 is 0 Å². The van der Waals surface area contributed by atoms with Gasteiger partial charge in [0.15, 0.2) is 0 Å². The molecule has 0 aliphatic carbocycles. The smallest absolute Gasteiger partial charge is 0.257 e. The van der Waals surface area contributed by atoms with Crippen molar-refractivity contribution in [3.63, 3.8) is 0 Å². The van der Waals surface area contributed by atoms with Gasteiger partial charge in [0.05, 0.1) is 5.69 Å². The predicted molar refractivity (Wildman–Crippen MR) is 102 cm³/mol. The summed E-state index contributed by atoms with van der Waals surface area (Å²) >= 11 is 5.88. The van der Waals surface area contributed by atoms with Crippen LogP contribution in [0.3, 0.4) is 0 Å². The average Bonchev–Trinajstić information content (AvgIpc) is 2.93. The number of halogens is 1. The summed E-state index contributed by atoms with van der Waals surface area (Å²) in [5.74, 6) is 0.594. The first-order chi connectivity index (χ1) is 12.0. The Morgan fingerprint density at radius 2 is 1.72 bits per heavy atom. The highest BCUT2D eigenvalue weighted by molar-refractivity contribution is 6.30. The molecule has 1 N–H and O–H groups in total.